The van der Waals surface area contributed by atoms with Crippen LogP contribution in [0.1, 0.15) is 10.5 Å². The van der Waals surface area contributed by atoms with E-state index in [-0.39, 0.29) is 12.5 Å². The predicted octanol–water partition coefficient (Wildman–Crippen LogP) is 1.57. The van der Waals surface area contributed by atoms with Crippen LogP contribution in [-0.2, 0) is 7.05 Å². The molecule has 1 aromatic heterocycles. The molecule has 0 aliphatic heterocycles. The third kappa shape index (κ3) is 3.33. The van der Waals surface area contributed by atoms with Crippen molar-refractivity contribution in [2.75, 3.05) is 11.9 Å². The van der Waals surface area contributed by atoms with Gasteiger partial charge in [0.2, 0.25) is 0 Å². The quantitative estimate of drug-likeness (QED) is 0.900. The van der Waals surface area contributed by atoms with E-state index < -0.39 is 0 Å². The van der Waals surface area contributed by atoms with Crippen molar-refractivity contribution >= 4 is 11.6 Å². The molecule has 96 valence electrons. The normalized spacial score (nSPS) is 9.68. The molecule has 1 heterocycles. The molecule has 0 aliphatic rings. The highest BCUT2D eigenvalue weighted by atomic mass is 16.5. The summed E-state index contributed by atoms with van der Waals surface area (Å²) >= 11 is 0. The molecule has 2 aromatic rings. The van der Waals surface area contributed by atoms with Crippen molar-refractivity contribution in [3.8, 4) is 11.8 Å². The lowest BCUT2D eigenvalue weighted by Gasteiger charge is -2.05. The molecule has 19 heavy (non-hydrogen) atoms. The summed E-state index contributed by atoms with van der Waals surface area (Å²) in [5.41, 5.74) is 0.993. The van der Waals surface area contributed by atoms with E-state index in [1.165, 1.54) is 0 Å². The first kappa shape index (κ1) is 12.6. The van der Waals surface area contributed by atoms with Gasteiger partial charge in [-0.2, -0.15) is 5.26 Å². The maximum atomic E-state index is 11.8. The first-order valence-corrected chi connectivity index (χ1v) is 5.58. The average molecular weight is 256 g/mol. The van der Waals surface area contributed by atoms with Gasteiger partial charge in [0, 0.05) is 18.9 Å². The standard InChI is InChI=1S/C13H12N4O2/c1-17-8-12(15-9-17)13(18)16-10-2-4-11(5-3-10)19-7-6-14/h2-5,8-9H,7H2,1H3,(H,16,18). The van der Waals surface area contributed by atoms with Gasteiger partial charge in [-0.15, -0.1) is 0 Å². The number of nitrogens with one attached hydrogen (secondary N) is 1. The van der Waals surface area contributed by atoms with Crippen LogP contribution in [-0.4, -0.2) is 22.1 Å². The van der Waals surface area contributed by atoms with Gasteiger partial charge in [0.05, 0.1) is 6.33 Å². The van der Waals surface area contributed by atoms with E-state index >= 15 is 0 Å². The minimum absolute atomic E-state index is 0.000356. The maximum Gasteiger partial charge on any atom is 0.275 e. The van der Waals surface area contributed by atoms with Crippen LogP contribution in [0.5, 0.6) is 5.75 Å². The first-order valence-electron chi connectivity index (χ1n) is 5.58. The Labute approximate surface area is 110 Å². The van der Waals surface area contributed by atoms with Crippen molar-refractivity contribution in [1.29, 1.82) is 5.26 Å². The SMILES string of the molecule is Cn1cnc(C(=O)Nc2ccc(OCC#N)cc2)c1. The molecule has 0 atom stereocenters. The zero-order valence-corrected chi connectivity index (χ0v) is 10.3. The predicted molar refractivity (Wildman–Crippen MR) is 68.7 cm³/mol. The lowest BCUT2D eigenvalue weighted by atomic mass is 10.3. The number of imidazole rings is 1. The fourth-order valence-electron chi connectivity index (χ4n) is 1.48. The summed E-state index contributed by atoms with van der Waals surface area (Å²) < 4.78 is 6.82. The van der Waals surface area contributed by atoms with Crippen LogP contribution in [0.25, 0.3) is 0 Å². The van der Waals surface area contributed by atoms with Gasteiger partial charge in [-0.25, -0.2) is 4.98 Å². The highest BCUT2D eigenvalue weighted by Crippen LogP contribution is 2.16. The summed E-state index contributed by atoms with van der Waals surface area (Å²) in [6.07, 6.45) is 3.20. The molecule has 0 aliphatic carbocycles. The molecule has 0 saturated carbocycles. The highest BCUT2D eigenvalue weighted by molar-refractivity contribution is 6.02. The van der Waals surface area contributed by atoms with Gasteiger partial charge in [0.1, 0.15) is 17.5 Å². The molecular weight excluding hydrogens is 244 g/mol. The van der Waals surface area contributed by atoms with Crippen LogP contribution in [0.4, 0.5) is 5.69 Å². The molecule has 2 rings (SSSR count). The summed E-state index contributed by atoms with van der Waals surface area (Å²) in [6.45, 7) is -0.000356. The van der Waals surface area contributed by atoms with Crippen LogP contribution < -0.4 is 10.1 Å². The Kier molecular flexibility index (Phi) is 3.78. The lowest BCUT2D eigenvalue weighted by molar-refractivity contribution is 0.102. The van der Waals surface area contributed by atoms with E-state index in [0.29, 0.717) is 17.1 Å². The molecule has 1 aromatic carbocycles. The van der Waals surface area contributed by atoms with Crippen LogP contribution >= 0.6 is 0 Å². The Morgan fingerprint density at radius 1 is 1.47 bits per heavy atom. The van der Waals surface area contributed by atoms with Gasteiger partial charge in [-0.3, -0.25) is 4.79 Å². The maximum absolute atomic E-state index is 11.8. The molecular formula is C13H12N4O2. The summed E-state index contributed by atoms with van der Waals surface area (Å²) in [5, 5.41) is 11.1. The van der Waals surface area contributed by atoms with Crippen molar-refractivity contribution in [2.45, 2.75) is 0 Å². The van der Waals surface area contributed by atoms with Gasteiger partial charge in [0.15, 0.2) is 6.61 Å². The monoisotopic (exact) mass is 256 g/mol. The largest absolute Gasteiger partial charge is 0.479 e. The average Bonchev–Trinajstić information content (AvgIpc) is 2.85. The van der Waals surface area contributed by atoms with Crippen molar-refractivity contribution in [3.63, 3.8) is 0 Å². The molecule has 0 fully saturated rings. The summed E-state index contributed by atoms with van der Waals surface area (Å²) in [6, 6.07) is 8.66. The van der Waals surface area contributed by atoms with Crippen LogP contribution in [0, 0.1) is 11.3 Å². The fourth-order valence-corrected chi connectivity index (χ4v) is 1.48. The Morgan fingerprint density at radius 2 is 2.21 bits per heavy atom. The molecule has 1 N–H and O–H groups in total. The van der Waals surface area contributed by atoms with E-state index in [1.54, 1.807) is 48.4 Å². The van der Waals surface area contributed by atoms with E-state index in [2.05, 4.69) is 10.3 Å². The number of ether oxygens (including phenoxy) is 1. The second-order valence-electron chi connectivity index (χ2n) is 3.85. The van der Waals surface area contributed by atoms with Gasteiger partial charge in [-0.05, 0) is 24.3 Å². The molecule has 1 amide bonds. The number of benzene rings is 1. The summed E-state index contributed by atoms with van der Waals surface area (Å²) in [4.78, 5) is 15.8. The number of hydrogen-bond acceptors (Lipinski definition) is 4. The van der Waals surface area contributed by atoms with Crippen molar-refractivity contribution < 1.29 is 9.53 Å². The topological polar surface area (TPSA) is 79.9 Å². The lowest BCUT2D eigenvalue weighted by Crippen LogP contribution is -2.12. The van der Waals surface area contributed by atoms with Crippen LogP contribution in [0.3, 0.4) is 0 Å². The second-order valence-corrected chi connectivity index (χ2v) is 3.85. The van der Waals surface area contributed by atoms with Gasteiger partial charge in [-0.1, -0.05) is 0 Å². The number of hydrogen-bond donors (Lipinski definition) is 1. The molecule has 6 nitrogen and oxygen atoms in total. The van der Waals surface area contributed by atoms with Crippen LogP contribution in [0.2, 0.25) is 0 Å². The van der Waals surface area contributed by atoms with E-state index in [1.807, 2.05) is 6.07 Å². The van der Waals surface area contributed by atoms with E-state index in [4.69, 9.17) is 10.00 Å². The number of aromatic nitrogens is 2. The van der Waals surface area contributed by atoms with Crippen LogP contribution in [0.15, 0.2) is 36.8 Å². The minimum Gasteiger partial charge on any atom is -0.479 e. The molecule has 0 saturated heterocycles. The molecule has 0 bridgehead atoms. The number of aryl methyl sites for hydroxylation is 1. The van der Waals surface area contributed by atoms with Gasteiger partial charge >= 0.3 is 0 Å². The Morgan fingerprint density at radius 3 is 2.79 bits per heavy atom. The van der Waals surface area contributed by atoms with Gasteiger partial charge in [0.25, 0.3) is 5.91 Å². The second kappa shape index (κ2) is 5.69. The van der Waals surface area contributed by atoms with Gasteiger partial charge < -0.3 is 14.6 Å². The smallest absolute Gasteiger partial charge is 0.275 e. The summed E-state index contributed by atoms with van der Waals surface area (Å²) in [7, 11) is 1.80. The van der Waals surface area contributed by atoms with E-state index in [0.717, 1.165) is 0 Å². The number of nitrogens with zero attached hydrogens (tertiary/aromatic N) is 3. The summed E-state index contributed by atoms with van der Waals surface area (Å²) in [5.74, 6) is 0.309. The number of carbonyl (C=O) groups excluding carboxylic acids is 1. The molecule has 0 unspecified atom stereocenters. The molecule has 0 spiro atoms. The third-order valence-corrected chi connectivity index (χ3v) is 2.35. The zero-order chi connectivity index (χ0) is 13.7. The van der Waals surface area contributed by atoms with Crippen molar-refractivity contribution in [3.05, 3.63) is 42.5 Å². The van der Waals surface area contributed by atoms with E-state index in [9.17, 15) is 4.79 Å². The minimum atomic E-state index is -0.272. The number of carbonyl (C=O) groups is 1. The molecule has 0 radical (unpaired) electrons. The number of rotatable bonds is 4. The first-order chi connectivity index (χ1) is 9.19. The Balaban J connectivity index is 2.00. The highest BCUT2D eigenvalue weighted by Gasteiger charge is 2.08. The number of amides is 1. The number of anilines is 1. The third-order valence-electron chi connectivity index (χ3n) is 2.35. The zero-order valence-electron chi connectivity index (χ0n) is 10.3. The van der Waals surface area contributed by atoms with Crippen molar-refractivity contribution in [2.24, 2.45) is 7.05 Å². The number of nitriles is 1. The molecule has 6 heteroatoms. The fraction of sp³-hybridized carbons (Fsp3) is 0.154. The Bertz CT molecular complexity index is 610. The Hall–Kier alpha value is -2.81. The van der Waals surface area contributed by atoms with Crippen molar-refractivity contribution in [1.82, 2.24) is 9.55 Å².